The number of aliphatic hydroxyl groups excluding tert-OH is 8. The molecule has 0 radical (unpaired) electrons. The molecule has 5 aliphatic rings. The minimum absolute atomic E-state index is 0. The van der Waals surface area contributed by atoms with Gasteiger partial charge in [-0.3, -0.25) is 4.79 Å². The number of hydrogen-bond acceptors (Lipinski definition) is 17. The van der Waals surface area contributed by atoms with Crippen molar-refractivity contribution >= 4 is 57.6 Å². The zero-order chi connectivity index (χ0) is 53.9. The Morgan fingerprint density at radius 3 is 1.53 bits per heavy atom. The summed E-state index contributed by atoms with van der Waals surface area (Å²) in [6.45, 7) is 5.44. The van der Waals surface area contributed by atoms with Crippen LogP contribution in [0.1, 0.15) is 85.6 Å². The average molecular weight is 1340 g/mol. The van der Waals surface area contributed by atoms with Crippen LogP contribution in [-0.4, -0.2) is 164 Å². The first-order chi connectivity index (χ1) is 35.5. The van der Waals surface area contributed by atoms with Gasteiger partial charge in [0.25, 0.3) is 0 Å². The molecule has 0 spiro atoms. The van der Waals surface area contributed by atoms with E-state index in [9.17, 15) is 50.8 Å². The second kappa shape index (κ2) is 33.4. The average Bonchev–Trinajstić information content (AvgIpc) is 4.23. The zero-order valence-electron chi connectivity index (χ0n) is 40.7. The molecule has 5 aliphatic heterocycles. The van der Waals surface area contributed by atoms with Gasteiger partial charge in [0.1, 0.15) is 84.7 Å². The van der Waals surface area contributed by atoms with Crippen molar-refractivity contribution in [3.63, 3.8) is 0 Å². The Bertz CT molecular complexity index is 2280. The van der Waals surface area contributed by atoms with Gasteiger partial charge < -0.3 is 80.1 Å². The topological polar surface area (TPSA) is 278 Å². The van der Waals surface area contributed by atoms with Crippen LogP contribution >= 0.6 is 51.6 Å². The van der Waals surface area contributed by atoms with Gasteiger partial charge >= 0.3 is 50.2 Å². The fraction of sp³-hybridized carbons (Fsp3) is 0.528. The minimum atomic E-state index is -1.43. The fourth-order valence-corrected chi connectivity index (χ4v) is 9.02. The third-order valence-electron chi connectivity index (χ3n) is 12.9. The second-order valence-corrected chi connectivity index (χ2v) is 27.9. The number of carboxylic acids is 1. The predicted molar refractivity (Wildman–Crippen MR) is 291 cm³/mol. The molecule has 0 aromatic heterocycles. The van der Waals surface area contributed by atoms with Crippen LogP contribution in [0, 0.1) is 5.92 Å². The summed E-state index contributed by atoms with van der Waals surface area (Å²) >= 11 is 15.2. The summed E-state index contributed by atoms with van der Waals surface area (Å²) in [5, 5.41) is 101. The number of phenolic OH excluding ortho intramolecular Hbond substituents is 1. The van der Waals surface area contributed by atoms with Gasteiger partial charge in [-0.25, -0.2) is 0 Å². The number of rotatable bonds is 11. The van der Waals surface area contributed by atoms with E-state index >= 15 is 0 Å². The molecule has 5 heterocycles. The van der Waals surface area contributed by atoms with Gasteiger partial charge in [-0.15, -0.1) is 0 Å². The van der Waals surface area contributed by atoms with E-state index < -0.39 is 80.2 Å². The summed E-state index contributed by atoms with van der Waals surface area (Å²) in [6.07, 6.45) is -6.93. The van der Waals surface area contributed by atoms with Gasteiger partial charge in [0.2, 0.25) is 0 Å². The van der Waals surface area contributed by atoms with Crippen LogP contribution in [0.4, 0.5) is 0 Å². The Morgan fingerprint density at radius 1 is 0.707 bits per heavy atom. The molecule has 0 amide bonds. The molecule has 0 saturated carbocycles. The normalized spacial score (nSPS) is 28.9. The van der Waals surface area contributed by atoms with Crippen LogP contribution < -0.4 is 25.9 Å². The van der Waals surface area contributed by atoms with Crippen LogP contribution in [0.3, 0.4) is 0 Å². The molecule has 420 valence electrons. The van der Waals surface area contributed by atoms with E-state index in [1.54, 1.807) is 54.6 Å². The number of aromatic hydroxyl groups is 1. The van der Waals surface area contributed by atoms with Gasteiger partial charge in [0.05, 0.1) is 26.4 Å². The molecule has 75 heavy (non-hydrogen) atoms. The number of nitrogens with one attached hydrogen (secondary N) is 1. The van der Waals surface area contributed by atoms with Crippen molar-refractivity contribution in [3.8, 4) is 11.5 Å². The van der Waals surface area contributed by atoms with Crippen LogP contribution in [0.5, 0.6) is 11.5 Å². The van der Waals surface area contributed by atoms with Gasteiger partial charge in [0, 0.05) is 29.7 Å². The number of carbonyl (C=O) groups is 1. The van der Waals surface area contributed by atoms with Crippen molar-refractivity contribution in [1.29, 1.82) is 0 Å². The van der Waals surface area contributed by atoms with E-state index in [4.69, 9.17) is 52.0 Å². The van der Waals surface area contributed by atoms with Crippen LogP contribution in [0.25, 0.3) is 0 Å². The van der Waals surface area contributed by atoms with E-state index in [0.717, 1.165) is 79.5 Å². The summed E-state index contributed by atoms with van der Waals surface area (Å²) in [4.78, 5) is 10.1. The summed E-state index contributed by atoms with van der Waals surface area (Å²) < 4.78 is 27.5. The summed E-state index contributed by atoms with van der Waals surface area (Å²) in [7, 11) is 3.89. The van der Waals surface area contributed by atoms with Gasteiger partial charge in [-0.1, -0.05) is 86.1 Å². The van der Waals surface area contributed by atoms with Gasteiger partial charge in [-0.05, 0) is 114 Å². The predicted octanol–water partition coefficient (Wildman–Crippen LogP) is 2.54. The second-order valence-electron chi connectivity index (χ2n) is 18.5. The SMILES string of the molecule is C.C[C@@H]1CCOC1.O=C(O)[C@@H]1CCCN1.OC[C@H]1O[C@@H](c2ccc(Cl)c(Cc3ccc(O)cc3)c2)[C@H](O)[C@@H](O)[C@@H]1O.OC[C@H]1O[C@@H](c2ccc(Cl)c(Cc3ccc(O[C@H]4CCOC4)cc3)c2)[C@H](O)[C@@H](O)[C@@H]1O.S[I-]I. The van der Waals surface area contributed by atoms with Crippen LogP contribution in [0.2, 0.25) is 10.0 Å². The van der Waals surface area contributed by atoms with E-state index in [2.05, 4.69) is 40.7 Å². The first kappa shape index (κ1) is 65.3. The molecule has 4 aromatic rings. The maximum absolute atomic E-state index is 10.4. The third-order valence-corrected chi connectivity index (χ3v) is 13.7. The quantitative estimate of drug-likeness (QED) is 0.0760. The number of aliphatic hydroxyl groups is 8. The van der Waals surface area contributed by atoms with Crippen molar-refractivity contribution in [1.82, 2.24) is 5.32 Å². The number of ether oxygens (including phenoxy) is 5. The van der Waals surface area contributed by atoms with Crippen molar-refractivity contribution in [2.45, 2.75) is 126 Å². The molecular formula is C53H72Cl2I2NO16S-. The molecular weight excluding hydrogens is 1260 g/mol. The molecule has 0 bridgehead atoms. The van der Waals surface area contributed by atoms with Crippen molar-refractivity contribution in [2.24, 2.45) is 5.92 Å². The van der Waals surface area contributed by atoms with Crippen LogP contribution in [-0.2, 0) is 36.6 Å². The molecule has 11 N–H and O–H groups in total. The molecule has 5 saturated heterocycles. The number of hydrogen-bond donors (Lipinski definition) is 12. The van der Waals surface area contributed by atoms with Crippen LogP contribution in [0.15, 0.2) is 84.9 Å². The first-order valence-electron chi connectivity index (χ1n) is 24.2. The molecule has 0 unspecified atom stereocenters. The zero-order valence-corrected chi connectivity index (χ0v) is 47.4. The molecule has 22 heteroatoms. The standard InChI is InChI=1S/C23H27ClO7.C19H21ClO6.C5H9NO2.C5H10O.CH4.HI2S/c24-18-6-3-14(23-22(28)21(27)20(26)19(11-25)31-23)10-15(18)9-13-1-4-16(5-2-13)30-17-7-8-29-12-17;20-14-6-3-11(8-12(14)7-10-1-4-13(22)5-2-10)19-18(25)17(24)16(23)15(9-21)26-19;7-5(8)4-2-1-3-6-4;1-5-2-3-6-4-5;;1-2-3/h1-6,10,17,19-23,25-28H,7-9,11-12H2;1-6,8,15-19,21-25H,7,9H2;4,6H,1-3H2,(H,7,8);5H,2-4H2,1H3;1H4;3H/q;;;;;-1/t17-,19+,20+,21-,22+,23-;15-,16-,17+,18-,19+;4-;5-;;/m0101../s1. The number of carboxylic acid groups (broad SMARTS) is 1. The van der Waals surface area contributed by atoms with Gasteiger partial charge in [0.15, 0.2) is 0 Å². The number of phenols is 1. The Morgan fingerprint density at radius 2 is 1.17 bits per heavy atom. The summed E-state index contributed by atoms with van der Waals surface area (Å²) in [6, 6.07) is 24.6. The molecule has 4 aromatic carbocycles. The first-order valence-corrected chi connectivity index (χ1v) is 34.5. The van der Waals surface area contributed by atoms with Crippen molar-refractivity contribution < 1.29 is 95.4 Å². The molecule has 13 atom stereocenters. The number of benzene rings is 4. The molecule has 5 fully saturated rings. The van der Waals surface area contributed by atoms with E-state index in [0.29, 0.717) is 40.6 Å². The Hall–Kier alpha value is -2.18. The number of aliphatic carboxylic acids is 1. The maximum atomic E-state index is 10.4. The van der Waals surface area contributed by atoms with E-state index in [1.165, 1.54) is 6.42 Å². The summed E-state index contributed by atoms with van der Waals surface area (Å²) in [5.41, 5.74) is 4.77. The van der Waals surface area contributed by atoms with Crippen molar-refractivity contribution in [2.75, 3.05) is 46.2 Å². The Balaban J connectivity index is 0.000000246. The molecule has 9 rings (SSSR count). The Kier molecular flexibility index (Phi) is 29.1. The van der Waals surface area contributed by atoms with Crippen molar-refractivity contribution in [3.05, 3.63) is 128 Å². The third kappa shape index (κ3) is 19.8. The van der Waals surface area contributed by atoms with E-state index in [-0.39, 0.29) is 41.2 Å². The van der Waals surface area contributed by atoms with E-state index in [1.807, 2.05) is 30.3 Å². The molecule has 17 nitrogen and oxygen atoms in total. The monoisotopic (exact) mass is 1330 g/mol. The Labute approximate surface area is 472 Å². The number of thiol groups is 1. The summed E-state index contributed by atoms with van der Waals surface area (Å²) in [5.74, 6) is 1.07. The molecule has 0 aliphatic carbocycles. The van der Waals surface area contributed by atoms with Gasteiger partial charge in [-0.2, -0.15) is 0 Å². The number of halogens is 4. The fourth-order valence-electron chi connectivity index (χ4n) is 8.65.